The van der Waals surface area contributed by atoms with Gasteiger partial charge in [0.1, 0.15) is 0 Å². The van der Waals surface area contributed by atoms with Gasteiger partial charge in [-0.1, -0.05) is 145 Å². The van der Waals surface area contributed by atoms with Crippen LogP contribution in [0.4, 0.5) is 17.1 Å². The minimum atomic E-state index is -0.301. The standard InChI is InChI=1S/C46H37N/c1-33-18-24-40(25-19-33)47(39-16-10-5-11-17-39)41-26-21-36(22-27-41)37-23-29-43-42-28-20-34(2)30-44(42)46(45(43)31-37,38-14-8-4-9-15-38)32-35-12-6-3-7-13-35/h3-31H,32H2,1-2H3. The minimum absolute atomic E-state index is 0.301. The molecule has 0 amide bonds. The number of rotatable bonds is 7. The average molecular weight is 604 g/mol. The molecule has 8 rings (SSSR count). The van der Waals surface area contributed by atoms with Gasteiger partial charge in [-0.2, -0.15) is 0 Å². The summed E-state index contributed by atoms with van der Waals surface area (Å²) in [5.74, 6) is 0. The maximum Gasteiger partial charge on any atom is 0.0504 e. The molecule has 0 fully saturated rings. The molecule has 0 radical (unpaired) electrons. The second-order valence-electron chi connectivity index (χ2n) is 12.8. The first kappa shape index (κ1) is 28.8. The molecule has 1 aliphatic carbocycles. The maximum atomic E-state index is 2.46. The molecule has 0 saturated carbocycles. The highest BCUT2D eigenvalue weighted by atomic mass is 15.1. The lowest BCUT2D eigenvalue weighted by atomic mass is 9.68. The molecule has 1 nitrogen and oxygen atoms in total. The number of benzene rings is 7. The average Bonchev–Trinajstić information content (AvgIpc) is 3.39. The van der Waals surface area contributed by atoms with Gasteiger partial charge >= 0.3 is 0 Å². The first-order valence-corrected chi connectivity index (χ1v) is 16.5. The zero-order valence-corrected chi connectivity index (χ0v) is 26.9. The molecule has 0 bridgehead atoms. The van der Waals surface area contributed by atoms with Gasteiger partial charge in [0.2, 0.25) is 0 Å². The van der Waals surface area contributed by atoms with Crippen molar-refractivity contribution in [2.75, 3.05) is 4.90 Å². The monoisotopic (exact) mass is 603 g/mol. The van der Waals surface area contributed by atoms with E-state index in [0.717, 1.165) is 23.5 Å². The van der Waals surface area contributed by atoms with Gasteiger partial charge < -0.3 is 4.90 Å². The van der Waals surface area contributed by atoms with E-state index in [-0.39, 0.29) is 5.41 Å². The summed E-state index contributed by atoms with van der Waals surface area (Å²) in [7, 11) is 0. The zero-order chi connectivity index (χ0) is 31.8. The quantitative estimate of drug-likeness (QED) is 0.175. The lowest BCUT2D eigenvalue weighted by Crippen LogP contribution is -2.30. The van der Waals surface area contributed by atoms with Crippen molar-refractivity contribution in [1.29, 1.82) is 0 Å². The lowest BCUT2D eigenvalue weighted by Gasteiger charge is -2.34. The third kappa shape index (κ3) is 5.15. The van der Waals surface area contributed by atoms with Crippen LogP contribution in [-0.2, 0) is 11.8 Å². The molecule has 1 aliphatic rings. The Labute approximate surface area is 278 Å². The molecule has 7 aromatic carbocycles. The predicted molar refractivity (Wildman–Crippen MR) is 198 cm³/mol. The molecule has 1 heteroatoms. The van der Waals surface area contributed by atoms with E-state index in [0.29, 0.717) is 0 Å². The molecule has 7 aromatic rings. The van der Waals surface area contributed by atoms with E-state index >= 15 is 0 Å². The Hall–Kier alpha value is -5.66. The molecule has 0 N–H and O–H groups in total. The highest BCUT2D eigenvalue weighted by Crippen LogP contribution is 2.55. The summed E-state index contributed by atoms with van der Waals surface area (Å²) < 4.78 is 0. The van der Waals surface area contributed by atoms with Crippen molar-refractivity contribution in [3.63, 3.8) is 0 Å². The van der Waals surface area contributed by atoms with Crippen LogP contribution in [0.25, 0.3) is 22.3 Å². The topological polar surface area (TPSA) is 3.24 Å². The Balaban J connectivity index is 1.26. The lowest BCUT2D eigenvalue weighted by molar-refractivity contribution is 0.629. The van der Waals surface area contributed by atoms with Gasteiger partial charge in [0.05, 0.1) is 5.41 Å². The number of fused-ring (bicyclic) bond motifs is 3. The SMILES string of the molecule is Cc1ccc(N(c2ccccc2)c2ccc(-c3ccc4c(c3)C(Cc3ccccc3)(c3ccccc3)c3cc(C)ccc3-4)cc2)cc1. The fourth-order valence-electron chi connectivity index (χ4n) is 7.45. The molecule has 0 aliphatic heterocycles. The first-order valence-electron chi connectivity index (χ1n) is 16.5. The molecular formula is C46H37N. The van der Waals surface area contributed by atoms with Crippen LogP contribution in [0.1, 0.15) is 33.4 Å². The molecule has 47 heavy (non-hydrogen) atoms. The Kier molecular flexibility index (Phi) is 7.31. The summed E-state index contributed by atoms with van der Waals surface area (Å²) in [6.07, 6.45) is 0.895. The summed E-state index contributed by atoms with van der Waals surface area (Å²) in [6.45, 7) is 4.35. The predicted octanol–water partition coefficient (Wildman–Crippen LogP) is 12.0. The Morgan fingerprint density at radius 1 is 0.426 bits per heavy atom. The fraction of sp³-hybridized carbons (Fsp3) is 0.0870. The van der Waals surface area contributed by atoms with Crippen molar-refractivity contribution < 1.29 is 0 Å². The van der Waals surface area contributed by atoms with Crippen molar-refractivity contribution in [2.24, 2.45) is 0 Å². The van der Waals surface area contributed by atoms with Crippen molar-refractivity contribution in [3.8, 4) is 22.3 Å². The molecule has 0 saturated heterocycles. The number of para-hydroxylation sites is 1. The van der Waals surface area contributed by atoms with Gasteiger partial charge in [-0.25, -0.2) is 0 Å². The van der Waals surface area contributed by atoms with E-state index in [1.54, 1.807) is 0 Å². The third-order valence-corrected chi connectivity index (χ3v) is 9.75. The van der Waals surface area contributed by atoms with Crippen LogP contribution in [0.15, 0.2) is 176 Å². The first-order chi connectivity index (χ1) is 23.1. The van der Waals surface area contributed by atoms with Gasteiger partial charge in [-0.05, 0) is 107 Å². The fourth-order valence-corrected chi connectivity index (χ4v) is 7.45. The van der Waals surface area contributed by atoms with Gasteiger partial charge in [-0.3, -0.25) is 0 Å². The van der Waals surface area contributed by atoms with Gasteiger partial charge in [-0.15, -0.1) is 0 Å². The summed E-state index contributed by atoms with van der Waals surface area (Å²) in [6, 6.07) is 64.6. The molecule has 226 valence electrons. The van der Waals surface area contributed by atoms with E-state index in [4.69, 9.17) is 0 Å². The number of aryl methyl sites for hydroxylation is 2. The van der Waals surface area contributed by atoms with Crippen LogP contribution in [0.5, 0.6) is 0 Å². The zero-order valence-electron chi connectivity index (χ0n) is 26.9. The highest BCUT2D eigenvalue weighted by Gasteiger charge is 2.44. The van der Waals surface area contributed by atoms with Crippen LogP contribution in [-0.4, -0.2) is 0 Å². The van der Waals surface area contributed by atoms with E-state index in [1.807, 2.05) is 0 Å². The van der Waals surface area contributed by atoms with Crippen molar-refractivity contribution in [1.82, 2.24) is 0 Å². The Morgan fingerprint density at radius 2 is 0.915 bits per heavy atom. The summed E-state index contributed by atoms with van der Waals surface area (Å²) in [4.78, 5) is 2.32. The molecule has 0 heterocycles. The number of hydrogen-bond acceptors (Lipinski definition) is 1. The Morgan fingerprint density at radius 3 is 1.57 bits per heavy atom. The van der Waals surface area contributed by atoms with Crippen molar-refractivity contribution in [2.45, 2.75) is 25.7 Å². The number of nitrogens with zero attached hydrogens (tertiary/aromatic N) is 1. The van der Waals surface area contributed by atoms with Crippen LogP contribution >= 0.6 is 0 Å². The Bertz CT molecular complexity index is 2150. The molecule has 1 atom stereocenters. The summed E-state index contributed by atoms with van der Waals surface area (Å²) in [5, 5.41) is 0. The summed E-state index contributed by atoms with van der Waals surface area (Å²) >= 11 is 0. The van der Waals surface area contributed by atoms with Gasteiger partial charge in [0.25, 0.3) is 0 Å². The van der Waals surface area contributed by atoms with Crippen molar-refractivity contribution in [3.05, 3.63) is 209 Å². The minimum Gasteiger partial charge on any atom is -0.311 e. The largest absolute Gasteiger partial charge is 0.311 e. The van der Waals surface area contributed by atoms with E-state index in [1.165, 1.54) is 55.6 Å². The van der Waals surface area contributed by atoms with Crippen LogP contribution in [0.3, 0.4) is 0 Å². The van der Waals surface area contributed by atoms with E-state index in [9.17, 15) is 0 Å². The molecule has 1 unspecified atom stereocenters. The molecule has 0 spiro atoms. The second kappa shape index (κ2) is 11.9. The highest BCUT2D eigenvalue weighted by molar-refractivity contribution is 5.87. The van der Waals surface area contributed by atoms with Crippen LogP contribution < -0.4 is 4.90 Å². The molecule has 0 aromatic heterocycles. The third-order valence-electron chi connectivity index (χ3n) is 9.75. The van der Waals surface area contributed by atoms with Gasteiger partial charge in [0, 0.05) is 17.1 Å². The van der Waals surface area contributed by atoms with E-state index < -0.39 is 0 Å². The normalized spacial score (nSPS) is 14.8. The van der Waals surface area contributed by atoms with E-state index in [2.05, 4.69) is 195 Å². The van der Waals surface area contributed by atoms with Crippen LogP contribution in [0.2, 0.25) is 0 Å². The summed E-state index contributed by atoms with van der Waals surface area (Å²) in [5.41, 5.74) is 16.2. The maximum absolute atomic E-state index is 2.46. The molecular weight excluding hydrogens is 567 g/mol. The van der Waals surface area contributed by atoms with Crippen LogP contribution in [0, 0.1) is 13.8 Å². The van der Waals surface area contributed by atoms with Crippen molar-refractivity contribution >= 4 is 17.1 Å². The van der Waals surface area contributed by atoms with Gasteiger partial charge in [0.15, 0.2) is 0 Å². The smallest absolute Gasteiger partial charge is 0.0504 e. The number of hydrogen-bond donors (Lipinski definition) is 0. The number of anilines is 3. The second-order valence-corrected chi connectivity index (χ2v) is 12.8.